The van der Waals surface area contributed by atoms with E-state index >= 15 is 0 Å². The van der Waals surface area contributed by atoms with Crippen molar-refractivity contribution in [3.8, 4) is 5.75 Å². The monoisotopic (exact) mass is 267 g/mol. The van der Waals surface area contributed by atoms with Gasteiger partial charge in [-0.25, -0.2) is 4.79 Å². The number of ether oxygens (including phenoxy) is 1. The maximum absolute atomic E-state index is 12.2. The summed E-state index contributed by atoms with van der Waals surface area (Å²) in [6.07, 6.45) is -4.75. The second-order valence-electron chi connectivity index (χ2n) is 3.20. The Morgan fingerprint density at radius 1 is 1.29 bits per heavy atom. The van der Waals surface area contributed by atoms with Gasteiger partial charge >= 0.3 is 12.1 Å². The number of rotatable bonds is 3. The molecular formula is C10H9ClF3NO2. The summed E-state index contributed by atoms with van der Waals surface area (Å²) in [6, 6.07) is 5.17. The summed E-state index contributed by atoms with van der Waals surface area (Å²) in [5.74, 6) is -1.12. The molecule has 94 valence electrons. The molecular weight excluding hydrogens is 259 g/mol. The van der Waals surface area contributed by atoms with Crippen LogP contribution >= 0.6 is 11.6 Å². The van der Waals surface area contributed by atoms with Gasteiger partial charge in [0.05, 0.1) is 0 Å². The van der Waals surface area contributed by atoms with E-state index in [1.165, 1.54) is 12.1 Å². The Hall–Kier alpha value is -1.27. The molecule has 1 aromatic rings. The highest BCUT2D eigenvalue weighted by molar-refractivity contribution is 6.30. The van der Waals surface area contributed by atoms with Gasteiger partial charge in [-0.05, 0) is 12.1 Å². The third-order valence-corrected chi connectivity index (χ3v) is 2.33. The van der Waals surface area contributed by atoms with Crippen LogP contribution in [0.1, 0.15) is 0 Å². The highest BCUT2D eigenvalue weighted by atomic mass is 35.5. The average molecular weight is 268 g/mol. The van der Waals surface area contributed by atoms with E-state index in [0.717, 1.165) is 0 Å². The first-order chi connectivity index (χ1) is 7.82. The Morgan fingerprint density at radius 3 is 2.29 bits per heavy atom. The molecule has 0 aromatic heterocycles. The lowest BCUT2D eigenvalue weighted by Gasteiger charge is -2.19. The van der Waals surface area contributed by atoms with Crippen molar-refractivity contribution in [3.05, 3.63) is 30.3 Å². The molecule has 0 saturated heterocycles. The van der Waals surface area contributed by atoms with Crippen LogP contribution in [0, 0.1) is 0 Å². The van der Waals surface area contributed by atoms with Crippen LogP contribution in [0.5, 0.6) is 5.75 Å². The van der Waals surface area contributed by atoms with Crippen LogP contribution in [0.25, 0.3) is 0 Å². The molecule has 2 N–H and O–H groups in total. The molecule has 0 fully saturated rings. The molecule has 0 unspecified atom stereocenters. The standard InChI is InChI=1S/C10H9ClF3NO2/c11-7(8(15)10(12,13)14)9(16)17-6-4-2-1-3-5-6/h1-5,7-8H,15H2/t7-,8+/m0/s1. The zero-order chi connectivity index (χ0) is 13.1. The first-order valence-corrected chi connectivity index (χ1v) is 4.99. The van der Waals surface area contributed by atoms with E-state index in [0.29, 0.717) is 0 Å². The predicted octanol–water partition coefficient (Wildman–Crippen LogP) is 2.09. The minimum absolute atomic E-state index is 0.109. The quantitative estimate of drug-likeness (QED) is 0.518. The third kappa shape index (κ3) is 3.90. The zero-order valence-corrected chi connectivity index (χ0v) is 9.20. The average Bonchev–Trinajstić information content (AvgIpc) is 2.27. The molecule has 0 heterocycles. The minimum Gasteiger partial charge on any atom is -0.425 e. The van der Waals surface area contributed by atoms with Crippen LogP contribution < -0.4 is 10.5 Å². The maximum atomic E-state index is 12.2. The number of alkyl halides is 4. The van der Waals surface area contributed by atoms with Gasteiger partial charge in [0.2, 0.25) is 0 Å². The van der Waals surface area contributed by atoms with Crippen LogP contribution in [-0.4, -0.2) is 23.6 Å². The van der Waals surface area contributed by atoms with Gasteiger partial charge in [-0.15, -0.1) is 11.6 Å². The fourth-order valence-electron chi connectivity index (χ4n) is 0.974. The van der Waals surface area contributed by atoms with E-state index in [9.17, 15) is 18.0 Å². The SMILES string of the molecule is N[C@H]([C@H](Cl)C(=O)Oc1ccccc1)C(F)(F)F. The Kier molecular flexibility index (Phi) is 4.36. The molecule has 0 saturated carbocycles. The molecule has 0 bridgehead atoms. The Balaban J connectivity index is 2.65. The van der Waals surface area contributed by atoms with Crippen molar-refractivity contribution in [2.45, 2.75) is 17.6 Å². The number of carbonyl (C=O) groups excluding carboxylic acids is 1. The second-order valence-corrected chi connectivity index (χ2v) is 3.67. The molecule has 1 aromatic carbocycles. The molecule has 0 radical (unpaired) electrons. The number of carbonyl (C=O) groups is 1. The number of halogens is 4. The van der Waals surface area contributed by atoms with Gasteiger partial charge in [0, 0.05) is 0 Å². The van der Waals surface area contributed by atoms with Crippen molar-refractivity contribution in [2.24, 2.45) is 5.73 Å². The molecule has 0 aliphatic heterocycles. The molecule has 2 atom stereocenters. The van der Waals surface area contributed by atoms with E-state index in [1.54, 1.807) is 18.2 Å². The number of hydrogen-bond acceptors (Lipinski definition) is 3. The van der Waals surface area contributed by atoms with Crippen molar-refractivity contribution in [3.63, 3.8) is 0 Å². The highest BCUT2D eigenvalue weighted by Crippen LogP contribution is 2.24. The lowest BCUT2D eigenvalue weighted by molar-refractivity contribution is -0.158. The molecule has 17 heavy (non-hydrogen) atoms. The van der Waals surface area contributed by atoms with Gasteiger partial charge in [-0.3, -0.25) is 0 Å². The fraction of sp³-hybridized carbons (Fsp3) is 0.300. The molecule has 0 amide bonds. The van der Waals surface area contributed by atoms with E-state index in [4.69, 9.17) is 17.3 Å². The maximum Gasteiger partial charge on any atom is 0.405 e. The Labute approximate surface area is 100 Å². The summed E-state index contributed by atoms with van der Waals surface area (Å²) in [5, 5.41) is -1.98. The Morgan fingerprint density at radius 2 is 1.82 bits per heavy atom. The van der Waals surface area contributed by atoms with Crippen LogP contribution in [0.2, 0.25) is 0 Å². The molecule has 0 spiro atoms. The molecule has 3 nitrogen and oxygen atoms in total. The topological polar surface area (TPSA) is 52.3 Å². The number of benzene rings is 1. The van der Waals surface area contributed by atoms with Gasteiger partial charge < -0.3 is 10.5 Å². The highest BCUT2D eigenvalue weighted by Gasteiger charge is 2.45. The van der Waals surface area contributed by atoms with Crippen molar-refractivity contribution in [2.75, 3.05) is 0 Å². The van der Waals surface area contributed by atoms with Crippen molar-refractivity contribution in [1.82, 2.24) is 0 Å². The normalized spacial score (nSPS) is 15.1. The van der Waals surface area contributed by atoms with E-state index in [-0.39, 0.29) is 5.75 Å². The lowest BCUT2D eigenvalue weighted by Crippen LogP contribution is -2.49. The first-order valence-electron chi connectivity index (χ1n) is 4.55. The van der Waals surface area contributed by atoms with Gasteiger partial charge in [-0.1, -0.05) is 18.2 Å². The summed E-state index contributed by atoms with van der Waals surface area (Å²) in [4.78, 5) is 11.3. The molecule has 7 heteroatoms. The van der Waals surface area contributed by atoms with Gasteiger partial charge in [0.1, 0.15) is 11.8 Å². The Bertz CT molecular complexity index is 383. The summed E-state index contributed by atoms with van der Waals surface area (Å²) in [5.41, 5.74) is 4.79. The number of para-hydroxylation sites is 1. The lowest BCUT2D eigenvalue weighted by atomic mass is 10.2. The first kappa shape index (κ1) is 13.8. The zero-order valence-electron chi connectivity index (χ0n) is 8.45. The van der Waals surface area contributed by atoms with Crippen molar-refractivity contribution < 1.29 is 22.7 Å². The van der Waals surface area contributed by atoms with Crippen molar-refractivity contribution >= 4 is 17.6 Å². The van der Waals surface area contributed by atoms with Crippen LogP contribution in [-0.2, 0) is 4.79 Å². The third-order valence-electron chi connectivity index (χ3n) is 1.88. The summed E-state index contributed by atoms with van der Waals surface area (Å²) < 4.78 is 41.2. The number of esters is 1. The summed E-state index contributed by atoms with van der Waals surface area (Å²) in [7, 11) is 0. The number of hydrogen-bond donors (Lipinski definition) is 1. The molecule has 1 rings (SSSR count). The van der Waals surface area contributed by atoms with Gasteiger partial charge in [-0.2, -0.15) is 13.2 Å². The smallest absolute Gasteiger partial charge is 0.405 e. The van der Waals surface area contributed by atoms with Crippen molar-refractivity contribution in [1.29, 1.82) is 0 Å². The van der Waals surface area contributed by atoms with E-state index < -0.39 is 23.6 Å². The largest absolute Gasteiger partial charge is 0.425 e. The number of nitrogens with two attached hydrogens (primary N) is 1. The minimum atomic E-state index is -4.75. The second kappa shape index (κ2) is 5.37. The fourth-order valence-corrected chi connectivity index (χ4v) is 1.16. The summed E-state index contributed by atoms with van der Waals surface area (Å²) in [6.45, 7) is 0. The summed E-state index contributed by atoms with van der Waals surface area (Å²) >= 11 is 5.30. The molecule has 0 aliphatic rings. The van der Waals surface area contributed by atoms with Gasteiger partial charge in [0.15, 0.2) is 5.38 Å². The van der Waals surface area contributed by atoms with E-state index in [1.807, 2.05) is 0 Å². The molecule has 0 aliphatic carbocycles. The van der Waals surface area contributed by atoms with E-state index in [2.05, 4.69) is 4.74 Å². The van der Waals surface area contributed by atoms with Crippen LogP contribution in [0.4, 0.5) is 13.2 Å². The predicted molar refractivity (Wildman–Crippen MR) is 55.7 cm³/mol. The van der Waals surface area contributed by atoms with Gasteiger partial charge in [0.25, 0.3) is 0 Å². The van der Waals surface area contributed by atoms with Crippen LogP contribution in [0.3, 0.4) is 0 Å². The van der Waals surface area contributed by atoms with Crippen LogP contribution in [0.15, 0.2) is 30.3 Å².